The molecular weight excluding hydrogens is 302 g/mol. The summed E-state index contributed by atoms with van der Waals surface area (Å²) in [5, 5.41) is 0. The lowest BCUT2D eigenvalue weighted by Gasteiger charge is -2.15. The van der Waals surface area contributed by atoms with Gasteiger partial charge in [-0.25, -0.2) is 0 Å². The van der Waals surface area contributed by atoms with Crippen LogP contribution in [0.1, 0.15) is 18.1 Å². The van der Waals surface area contributed by atoms with Crippen LogP contribution in [0.2, 0.25) is 0 Å². The quantitative estimate of drug-likeness (QED) is 0.811. The second-order valence-electron chi connectivity index (χ2n) is 6.29. The van der Waals surface area contributed by atoms with E-state index in [4.69, 9.17) is 4.74 Å². The van der Waals surface area contributed by atoms with E-state index in [1.807, 2.05) is 38.1 Å². The van der Waals surface area contributed by atoms with Crippen LogP contribution in [-0.2, 0) is 16.0 Å². The molecule has 0 unspecified atom stereocenters. The second-order valence-corrected chi connectivity index (χ2v) is 6.29. The molecule has 0 saturated carbocycles. The van der Waals surface area contributed by atoms with Crippen LogP contribution in [0.4, 0.5) is 5.69 Å². The third kappa shape index (κ3) is 2.92. The number of amides is 2. The lowest BCUT2D eigenvalue weighted by Crippen LogP contribution is -2.31. The maximum atomic E-state index is 12.8. The Hall–Kier alpha value is -2.62. The zero-order valence-electron chi connectivity index (χ0n) is 14.2. The highest BCUT2D eigenvalue weighted by molar-refractivity contribution is 6.21. The SMILES string of the molecule is COc1ccc(N2C(=O)[C@@H](Cc3ccc(C)cc3)[C@@H](C)C2=O)cc1. The van der Waals surface area contributed by atoms with Gasteiger partial charge in [-0.15, -0.1) is 0 Å². The van der Waals surface area contributed by atoms with Crippen LogP contribution >= 0.6 is 0 Å². The van der Waals surface area contributed by atoms with E-state index >= 15 is 0 Å². The molecule has 0 aliphatic carbocycles. The van der Waals surface area contributed by atoms with Crippen molar-refractivity contribution in [1.82, 2.24) is 0 Å². The molecule has 1 heterocycles. The maximum Gasteiger partial charge on any atom is 0.238 e. The molecule has 1 aliphatic heterocycles. The summed E-state index contributed by atoms with van der Waals surface area (Å²) in [5.74, 6) is -0.203. The molecule has 0 spiro atoms. The molecule has 3 rings (SSSR count). The van der Waals surface area contributed by atoms with Crippen LogP contribution in [0.25, 0.3) is 0 Å². The summed E-state index contributed by atoms with van der Waals surface area (Å²) in [5.41, 5.74) is 2.86. The fourth-order valence-corrected chi connectivity index (χ4v) is 3.09. The summed E-state index contributed by atoms with van der Waals surface area (Å²) < 4.78 is 5.13. The first-order chi connectivity index (χ1) is 11.5. The Morgan fingerprint density at radius 1 is 0.958 bits per heavy atom. The summed E-state index contributed by atoms with van der Waals surface area (Å²) in [4.78, 5) is 26.7. The Morgan fingerprint density at radius 3 is 2.17 bits per heavy atom. The van der Waals surface area contributed by atoms with Gasteiger partial charge in [0.25, 0.3) is 0 Å². The number of carbonyl (C=O) groups excluding carboxylic acids is 2. The zero-order valence-corrected chi connectivity index (χ0v) is 14.2. The molecule has 0 N–H and O–H groups in total. The summed E-state index contributed by atoms with van der Waals surface area (Å²) in [6, 6.07) is 15.1. The van der Waals surface area contributed by atoms with Crippen molar-refractivity contribution in [3.8, 4) is 5.75 Å². The maximum absolute atomic E-state index is 12.8. The first-order valence-electron chi connectivity index (χ1n) is 8.08. The van der Waals surface area contributed by atoms with E-state index in [1.54, 1.807) is 31.4 Å². The van der Waals surface area contributed by atoms with Gasteiger partial charge >= 0.3 is 0 Å². The largest absolute Gasteiger partial charge is 0.497 e. The average molecular weight is 323 g/mol. The number of ether oxygens (including phenoxy) is 1. The van der Waals surface area contributed by atoms with Crippen LogP contribution in [0.3, 0.4) is 0 Å². The summed E-state index contributed by atoms with van der Waals surface area (Å²) >= 11 is 0. The summed E-state index contributed by atoms with van der Waals surface area (Å²) in [6.07, 6.45) is 0.582. The number of carbonyl (C=O) groups is 2. The standard InChI is InChI=1S/C20H21NO3/c1-13-4-6-15(7-5-13)12-18-14(2)19(22)21(20(18)23)16-8-10-17(24-3)11-9-16/h4-11,14,18H,12H2,1-3H3/t14-,18+/m1/s1. The van der Waals surface area contributed by atoms with Crippen LogP contribution in [0.5, 0.6) is 5.75 Å². The average Bonchev–Trinajstić information content (AvgIpc) is 2.80. The van der Waals surface area contributed by atoms with Crippen molar-refractivity contribution in [2.24, 2.45) is 11.8 Å². The van der Waals surface area contributed by atoms with Crippen molar-refractivity contribution in [2.45, 2.75) is 20.3 Å². The van der Waals surface area contributed by atoms with Gasteiger partial charge in [0.05, 0.1) is 18.7 Å². The van der Waals surface area contributed by atoms with Gasteiger partial charge in [0, 0.05) is 5.92 Å². The summed E-state index contributed by atoms with van der Waals surface area (Å²) in [6.45, 7) is 3.87. The first kappa shape index (κ1) is 16.2. The summed E-state index contributed by atoms with van der Waals surface area (Å²) in [7, 11) is 1.58. The highest BCUT2D eigenvalue weighted by Crippen LogP contribution is 2.33. The Balaban J connectivity index is 1.84. The third-order valence-corrected chi connectivity index (χ3v) is 4.66. The second kappa shape index (κ2) is 6.48. The highest BCUT2D eigenvalue weighted by Gasteiger charge is 2.45. The molecule has 24 heavy (non-hydrogen) atoms. The first-order valence-corrected chi connectivity index (χ1v) is 8.08. The van der Waals surface area contributed by atoms with E-state index in [0.717, 1.165) is 5.56 Å². The molecule has 4 nitrogen and oxygen atoms in total. The molecule has 2 amide bonds. The molecule has 124 valence electrons. The van der Waals surface area contributed by atoms with Crippen molar-refractivity contribution in [3.05, 3.63) is 59.7 Å². The van der Waals surface area contributed by atoms with Gasteiger partial charge in [-0.05, 0) is 43.2 Å². The molecule has 0 aromatic heterocycles. The van der Waals surface area contributed by atoms with E-state index in [-0.39, 0.29) is 23.7 Å². The molecule has 2 atom stereocenters. The number of anilines is 1. The minimum Gasteiger partial charge on any atom is -0.497 e. The molecule has 2 aromatic rings. The Morgan fingerprint density at radius 2 is 1.58 bits per heavy atom. The van der Waals surface area contributed by atoms with E-state index < -0.39 is 0 Å². The number of hydrogen-bond acceptors (Lipinski definition) is 3. The smallest absolute Gasteiger partial charge is 0.238 e. The minimum atomic E-state index is -0.319. The molecule has 2 aromatic carbocycles. The normalized spacial score (nSPS) is 20.5. The molecule has 0 bridgehead atoms. The van der Waals surface area contributed by atoms with Gasteiger partial charge in [-0.2, -0.15) is 0 Å². The molecule has 1 aliphatic rings. The van der Waals surface area contributed by atoms with Crippen molar-refractivity contribution in [2.75, 3.05) is 12.0 Å². The number of nitrogens with zero attached hydrogens (tertiary/aromatic N) is 1. The monoisotopic (exact) mass is 323 g/mol. The zero-order chi connectivity index (χ0) is 17.3. The van der Waals surface area contributed by atoms with E-state index in [0.29, 0.717) is 17.9 Å². The van der Waals surface area contributed by atoms with Crippen LogP contribution in [0.15, 0.2) is 48.5 Å². The number of hydrogen-bond donors (Lipinski definition) is 0. The Bertz CT molecular complexity index is 749. The van der Waals surface area contributed by atoms with Gasteiger partial charge < -0.3 is 4.74 Å². The van der Waals surface area contributed by atoms with Gasteiger partial charge in [-0.3, -0.25) is 14.5 Å². The molecule has 0 radical (unpaired) electrons. The Kier molecular flexibility index (Phi) is 4.38. The number of benzene rings is 2. The van der Waals surface area contributed by atoms with Crippen LogP contribution < -0.4 is 9.64 Å². The number of imide groups is 1. The minimum absolute atomic E-state index is 0.127. The fourth-order valence-electron chi connectivity index (χ4n) is 3.09. The molecular formula is C20H21NO3. The predicted molar refractivity (Wildman–Crippen MR) is 93.0 cm³/mol. The Labute approximate surface area is 142 Å². The van der Waals surface area contributed by atoms with E-state index in [1.165, 1.54) is 10.5 Å². The molecule has 4 heteroatoms. The van der Waals surface area contributed by atoms with Crippen molar-refractivity contribution >= 4 is 17.5 Å². The van der Waals surface area contributed by atoms with Crippen LogP contribution in [0, 0.1) is 18.8 Å². The molecule has 1 fully saturated rings. The van der Waals surface area contributed by atoms with E-state index in [2.05, 4.69) is 0 Å². The predicted octanol–water partition coefficient (Wildman–Crippen LogP) is 3.37. The van der Waals surface area contributed by atoms with Gasteiger partial charge in [0.2, 0.25) is 11.8 Å². The van der Waals surface area contributed by atoms with Gasteiger partial charge in [-0.1, -0.05) is 36.8 Å². The topological polar surface area (TPSA) is 46.6 Å². The van der Waals surface area contributed by atoms with Crippen molar-refractivity contribution in [1.29, 1.82) is 0 Å². The van der Waals surface area contributed by atoms with Crippen LogP contribution in [-0.4, -0.2) is 18.9 Å². The lowest BCUT2D eigenvalue weighted by molar-refractivity contribution is -0.122. The van der Waals surface area contributed by atoms with Gasteiger partial charge in [0.15, 0.2) is 0 Å². The van der Waals surface area contributed by atoms with Crippen molar-refractivity contribution < 1.29 is 14.3 Å². The van der Waals surface area contributed by atoms with E-state index in [9.17, 15) is 9.59 Å². The van der Waals surface area contributed by atoms with Crippen molar-refractivity contribution in [3.63, 3.8) is 0 Å². The molecule has 1 saturated heterocycles. The number of methoxy groups -OCH3 is 1. The number of rotatable bonds is 4. The fraction of sp³-hybridized carbons (Fsp3) is 0.300. The van der Waals surface area contributed by atoms with Gasteiger partial charge in [0.1, 0.15) is 5.75 Å². The lowest BCUT2D eigenvalue weighted by atomic mass is 9.90. The highest BCUT2D eigenvalue weighted by atomic mass is 16.5. The number of aryl methyl sites for hydroxylation is 1. The third-order valence-electron chi connectivity index (χ3n) is 4.66.